The second kappa shape index (κ2) is 6.36. The average Bonchev–Trinajstić information content (AvgIpc) is 2.28. The quantitative estimate of drug-likeness (QED) is 0.665. The summed E-state index contributed by atoms with van der Waals surface area (Å²) in [6, 6.07) is 0. The van der Waals surface area contributed by atoms with Crippen molar-refractivity contribution in [2.45, 2.75) is 64.0 Å². The van der Waals surface area contributed by atoms with E-state index in [1.807, 2.05) is 0 Å². The number of nitrogens with one attached hydrogen (secondary N) is 1. The van der Waals surface area contributed by atoms with Crippen LogP contribution in [0, 0.1) is 5.92 Å². The van der Waals surface area contributed by atoms with Gasteiger partial charge in [0, 0.05) is 6.54 Å². The van der Waals surface area contributed by atoms with Crippen molar-refractivity contribution in [3.05, 3.63) is 0 Å². The number of carboxylic acids is 1. The van der Waals surface area contributed by atoms with Gasteiger partial charge in [-0.15, -0.1) is 0 Å². The van der Waals surface area contributed by atoms with E-state index in [-0.39, 0.29) is 0 Å². The van der Waals surface area contributed by atoms with Crippen molar-refractivity contribution in [1.82, 2.24) is 5.32 Å². The number of hydrogen-bond donors (Lipinski definition) is 3. The summed E-state index contributed by atoms with van der Waals surface area (Å²) >= 11 is 0. The normalized spacial score (nSPS) is 31.1. The summed E-state index contributed by atoms with van der Waals surface area (Å²) < 4.78 is 0. The molecule has 1 unspecified atom stereocenters. The molecule has 0 heterocycles. The van der Waals surface area contributed by atoms with E-state index in [1.54, 1.807) is 6.92 Å². The lowest BCUT2D eigenvalue weighted by Gasteiger charge is -2.38. The highest BCUT2D eigenvalue weighted by molar-refractivity contribution is 5.78. The predicted molar refractivity (Wildman–Crippen MR) is 66.9 cm³/mol. The van der Waals surface area contributed by atoms with Crippen molar-refractivity contribution in [1.29, 1.82) is 0 Å². The van der Waals surface area contributed by atoms with Gasteiger partial charge in [-0.05, 0) is 38.5 Å². The van der Waals surface area contributed by atoms with Crippen LogP contribution in [0.4, 0.5) is 0 Å². The number of aliphatic hydroxyl groups excluding tert-OH is 1. The fraction of sp³-hybridized carbons (Fsp3) is 0.923. The number of rotatable bonds is 6. The van der Waals surface area contributed by atoms with E-state index >= 15 is 0 Å². The van der Waals surface area contributed by atoms with Crippen LogP contribution in [0.25, 0.3) is 0 Å². The van der Waals surface area contributed by atoms with Crippen LogP contribution in [-0.2, 0) is 4.79 Å². The van der Waals surface area contributed by atoms with Crippen LogP contribution in [0.15, 0.2) is 0 Å². The Balaban J connectivity index is 2.54. The number of β-amino-alcohol motifs (C(OH)–C–C–N with tert-alkyl or cyclic N) is 1. The topological polar surface area (TPSA) is 69.6 Å². The maximum atomic E-state index is 11.4. The summed E-state index contributed by atoms with van der Waals surface area (Å²) in [5.74, 6) is -0.0890. The highest BCUT2D eigenvalue weighted by Crippen LogP contribution is 2.34. The molecular weight excluding hydrogens is 218 g/mol. The van der Waals surface area contributed by atoms with Gasteiger partial charge in [0.05, 0.1) is 6.10 Å². The molecule has 0 amide bonds. The minimum Gasteiger partial charge on any atom is -0.480 e. The second-order valence-electron chi connectivity index (χ2n) is 5.35. The molecule has 1 rings (SSSR count). The Morgan fingerprint density at radius 2 is 2.06 bits per heavy atom. The molecule has 17 heavy (non-hydrogen) atoms. The molecule has 0 aliphatic heterocycles. The molecule has 0 radical (unpaired) electrons. The first-order valence-electron chi connectivity index (χ1n) is 6.66. The molecule has 1 atom stereocenters. The van der Waals surface area contributed by atoms with E-state index in [0.29, 0.717) is 25.3 Å². The number of carbonyl (C=O) groups is 1. The first-order chi connectivity index (χ1) is 8.00. The van der Waals surface area contributed by atoms with Crippen LogP contribution < -0.4 is 5.32 Å². The highest BCUT2D eigenvalue weighted by atomic mass is 16.4. The molecule has 100 valence electrons. The van der Waals surface area contributed by atoms with E-state index in [4.69, 9.17) is 0 Å². The largest absolute Gasteiger partial charge is 0.480 e. The number of aliphatic hydroxyl groups is 1. The molecule has 0 aromatic carbocycles. The Labute approximate surface area is 103 Å². The standard InChI is InChI=1S/C13H25NO3/c1-3-4-11-5-7-13(8-6-11,12(16)17)14-9-10(2)15/h10-11,14-15H,3-9H2,1-2H3,(H,16,17). The fourth-order valence-corrected chi connectivity index (χ4v) is 2.68. The molecule has 1 saturated carbocycles. The van der Waals surface area contributed by atoms with E-state index < -0.39 is 17.6 Å². The minimum atomic E-state index is -0.804. The smallest absolute Gasteiger partial charge is 0.323 e. The molecule has 4 heteroatoms. The molecule has 1 aliphatic carbocycles. The van der Waals surface area contributed by atoms with Gasteiger partial charge in [-0.2, -0.15) is 0 Å². The molecule has 3 N–H and O–H groups in total. The average molecular weight is 243 g/mol. The molecule has 0 aromatic heterocycles. The van der Waals surface area contributed by atoms with E-state index in [2.05, 4.69) is 12.2 Å². The Morgan fingerprint density at radius 1 is 1.47 bits per heavy atom. The van der Waals surface area contributed by atoms with Crippen LogP contribution >= 0.6 is 0 Å². The van der Waals surface area contributed by atoms with Gasteiger partial charge >= 0.3 is 5.97 Å². The SMILES string of the molecule is CCCC1CCC(NCC(C)O)(C(=O)O)CC1. The molecule has 4 nitrogen and oxygen atoms in total. The first-order valence-corrected chi connectivity index (χ1v) is 6.66. The monoisotopic (exact) mass is 243 g/mol. The fourth-order valence-electron chi connectivity index (χ4n) is 2.68. The van der Waals surface area contributed by atoms with Crippen LogP contribution in [0.1, 0.15) is 52.4 Å². The first kappa shape index (κ1) is 14.5. The van der Waals surface area contributed by atoms with E-state index in [0.717, 1.165) is 12.8 Å². The third-order valence-corrected chi connectivity index (χ3v) is 3.80. The third kappa shape index (κ3) is 3.96. The van der Waals surface area contributed by atoms with Gasteiger partial charge in [0.2, 0.25) is 0 Å². The van der Waals surface area contributed by atoms with Gasteiger partial charge < -0.3 is 10.2 Å². The van der Waals surface area contributed by atoms with Crippen LogP contribution in [0.5, 0.6) is 0 Å². The Bertz CT molecular complexity index is 245. The summed E-state index contributed by atoms with van der Waals surface area (Å²) in [6.07, 6.45) is 5.19. The van der Waals surface area contributed by atoms with Gasteiger partial charge in [0.15, 0.2) is 0 Å². The van der Waals surface area contributed by atoms with Gasteiger partial charge in [0.25, 0.3) is 0 Å². The summed E-state index contributed by atoms with van der Waals surface area (Å²) in [7, 11) is 0. The van der Waals surface area contributed by atoms with Crippen LogP contribution in [-0.4, -0.2) is 34.4 Å². The van der Waals surface area contributed by atoms with Gasteiger partial charge in [-0.25, -0.2) is 0 Å². The van der Waals surface area contributed by atoms with Crippen molar-refractivity contribution < 1.29 is 15.0 Å². The third-order valence-electron chi connectivity index (χ3n) is 3.80. The maximum absolute atomic E-state index is 11.4. The summed E-state index contributed by atoms with van der Waals surface area (Å²) in [5.41, 5.74) is -0.804. The second-order valence-corrected chi connectivity index (χ2v) is 5.35. The zero-order chi connectivity index (χ0) is 12.9. The Kier molecular flexibility index (Phi) is 5.40. The highest BCUT2D eigenvalue weighted by Gasteiger charge is 2.41. The lowest BCUT2D eigenvalue weighted by molar-refractivity contribution is -0.147. The van der Waals surface area contributed by atoms with Crippen LogP contribution in [0.2, 0.25) is 0 Å². The Hall–Kier alpha value is -0.610. The maximum Gasteiger partial charge on any atom is 0.323 e. The zero-order valence-corrected chi connectivity index (χ0v) is 10.9. The van der Waals surface area contributed by atoms with Crippen molar-refractivity contribution in [2.24, 2.45) is 5.92 Å². The summed E-state index contributed by atoms with van der Waals surface area (Å²) in [5, 5.41) is 21.7. The van der Waals surface area contributed by atoms with Crippen LogP contribution in [0.3, 0.4) is 0 Å². The minimum absolute atomic E-state index is 0.352. The van der Waals surface area contributed by atoms with Crippen molar-refractivity contribution in [3.8, 4) is 0 Å². The molecule has 0 bridgehead atoms. The Morgan fingerprint density at radius 3 is 2.47 bits per heavy atom. The molecule has 0 aromatic rings. The van der Waals surface area contributed by atoms with Gasteiger partial charge in [-0.3, -0.25) is 10.1 Å². The van der Waals surface area contributed by atoms with Gasteiger partial charge in [0.1, 0.15) is 5.54 Å². The number of aliphatic carboxylic acids is 1. The summed E-state index contributed by atoms with van der Waals surface area (Å²) in [4.78, 5) is 11.4. The van der Waals surface area contributed by atoms with Crippen molar-refractivity contribution >= 4 is 5.97 Å². The predicted octanol–water partition coefficient (Wildman–Crippen LogP) is 1.77. The van der Waals surface area contributed by atoms with Crippen molar-refractivity contribution in [3.63, 3.8) is 0 Å². The lowest BCUT2D eigenvalue weighted by atomic mass is 9.75. The molecule has 1 aliphatic rings. The zero-order valence-electron chi connectivity index (χ0n) is 10.9. The lowest BCUT2D eigenvalue weighted by Crippen LogP contribution is -2.55. The van der Waals surface area contributed by atoms with E-state index in [1.165, 1.54) is 12.8 Å². The summed E-state index contributed by atoms with van der Waals surface area (Å²) in [6.45, 7) is 4.20. The molecule has 0 saturated heterocycles. The molecular formula is C13H25NO3. The van der Waals surface area contributed by atoms with Gasteiger partial charge in [-0.1, -0.05) is 19.8 Å². The molecule has 0 spiro atoms. The van der Waals surface area contributed by atoms with E-state index in [9.17, 15) is 15.0 Å². The number of carboxylic acid groups (broad SMARTS) is 1. The number of hydrogen-bond acceptors (Lipinski definition) is 3. The van der Waals surface area contributed by atoms with Crippen molar-refractivity contribution in [2.75, 3.05) is 6.54 Å². The molecule has 1 fully saturated rings.